The maximum absolute atomic E-state index is 11.8. The van der Waals surface area contributed by atoms with Crippen molar-refractivity contribution in [3.63, 3.8) is 0 Å². The summed E-state index contributed by atoms with van der Waals surface area (Å²) >= 11 is 0. The fraction of sp³-hybridized carbons (Fsp3) is 0.893. The smallest absolute Gasteiger partial charge is 0.330 e. The molecule has 0 amide bonds. The van der Waals surface area contributed by atoms with Crippen molar-refractivity contribution in [2.45, 2.75) is 154 Å². The van der Waals surface area contributed by atoms with Crippen molar-refractivity contribution in [3.8, 4) is 0 Å². The van der Waals surface area contributed by atoms with Crippen LogP contribution in [0.4, 0.5) is 0 Å². The van der Waals surface area contributed by atoms with Crippen LogP contribution in [0.3, 0.4) is 0 Å². The van der Waals surface area contributed by atoms with Crippen molar-refractivity contribution in [1.82, 2.24) is 0 Å². The molecule has 212 valence electrons. The Bertz CT molecular complexity index is 733. The number of rotatable bonds is 12. The van der Waals surface area contributed by atoms with E-state index in [0.29, 0.717) is 6.42 Å². The number of methoxy groups -OCH3 is 1. The van der Waals surface area contributed by atoms with Crippen LogP contribution in [0, 0.1) is 0 Å². The molecule has 36 heavy (non-hydrogen) atoms. The topological polar surface area (TPSA) is 63.2 Å². The summed E-state index contributed by atoms with van der Waals surface area (Å²) in [6.07, 6.45) is 5.96. The molecule has 0 bridgehead atoms. The minimum absolute atomic E-state index is 0.0288. The zero-order chi connectivity index (χ0) is 28.2. The molecule has 1 fully saturated rings. The SMILES string of the molecule is CCCC[C@H](O[Si](C)(C)C(C)(C)C)[C@H]1OC(C)(C)O[C@@H]1[C@@H](C/C=C\C(=O)OC)O[Si](C)(C)C(C)(C)C. The molecule has 1 aliphatic rings. The van der Waals surface area contributed by atoms with Crippen LogP contribution in [0.5, 0.6) is 0 Å². The second-order valence-corrected chi connectivity index (χ2v) is 23.2. The maximum atomic E-state index is 11.8. The van der Waals surface area contributed by atoms with Gasteiger partial charge in [-0.3, -0.25) is 0 Å². The van der Waals surface area contributed by atoms with E-state index in [4.69, 9.17) is 23.1 Å². The maximum Gasteiger partial charge on any atom is 0.330 e. The summed E-state index contributed by atoms with van der Waals surface area (Å²) in [7, 11) is -2.82. The van der Waals surface area contributed by atoms with Crippen molar-refractivity contribution >= 4 is 22.6 Å². The lowest BCUT2D eigenvalue weighted by atomic mass is 9.97. The molecule has 1 saturated heterocycles. The molecule has 0 N–H and O–H groups in total. The monoisotopic (exact) mass is 544 g/mol. The van der Waals surface area contributed by atoms with Crippen LogP contribution in [0.1, 0.15) is 88.0 Å². The molecule has 0 radical (unpaired) electrons. The molecule has 0 unspecified atom stereocenters. The molecule has 4 atom stereocenters. The van der Waals surface area contributed by atoms with Gasteiger partial charge in [0.15, 0.2) is 22.4 Å². The molecule has 0 saturated carbocycles. The second-order valence-electron chi connectivity index (χ2n) is 13.7. The lowest BCUT2D eigenvalue weighted by molar-refractivity contribution is -0.159. The first-order chi connectivity index (χ1) is 16.2. The Labute approximate surface area is 224 Å². The molecule has 0 aromatic heterocycles. The Morgan fingerprint density at radius 3 is 1.78 bits per heavy atom. The van der Waals surface area contributed by atoms with Crippen LogP contribution in [0.15, 0.2) is 12.2 Å². The van der Waals surface area contributed by atoms with Crippen LogP contribution in [-0.4, -0.2) is 59.9 Å². The molecule has 0 aromatic rings. The molecule has 0 spiro atoms. The molecular weight excluding hydrogens is 488 g/mol. The van der Waals surface area contributed by atoms with Crippen molar-refractivity contribution < 1.29 is 27.9 Å². The minimum Gasteiger partial charge on any atom is -0.466 e. The van der Waals surface area contributed by atoms with Crippen molar-refractivity contribution in [3.05, 3.63) is 12.2 Å². The highest BCUT2D eigenvalue weighted by atomic mass is 28.4. The summed E-state index contributed by atoms with van der Waals surface area (Å²) in [4.78, 5) is 11.8. The molecule has 6 nitrogen and oxygen atoms in total. The van der Waals surface area contributed by atoms with E-state index < -0.39 is 22.4 Å². The Hall–Kier alpha value is -0.516. The quantitative estimate of drug-likeness (QED) is 0.143. The van der Waals surface area contributed by atoms with Gasteiger partial charge in [0.1, 0.15) is 12.2 Å². The zero-order valence-corrected chi connectivity index (χ0v) is 27.7. The predicted octanol–water partition coefficient (Wildman–Crippen LogP) is 7.60. The van der Waals surface area contributed by atoms with Gasteiger partial charge in [-0.2, -0.15) is 0 Å². The van der Waals surface area contributed by atoms with Gasteiger partial charge in [0.05, 0.1) is 19.3 Å². The average molecular weight is 545 g/mol. The fourth-order valence-electron chi connectivity index (χ4n) is 3.81. The van der Waals surface area contributed by atoms with Gasteiger partial charge in [-0.25, -0.2) is 4.79 Å². The Morgan fingerprint density at radius 1 is 0.917 bits per heavy atom. The van der Waals surface area contributed by atoms with Gasteiger partial charge in [-0.05, 0) is 63.0 Å². The summed E-state index contributed by atoms with van der Waals surface area (Å²) in [6, 6.07) is 0. The first-order valence-electron chi connectivity index (χ1n) is 13.6. The second kappa shape index (κ2) is 12.6. The summed E-state index contributed by atoms with van der Waals surface area (Å²) in [5, 5.41) is 0.114. The lowest BCUT2D eigenvalue weighted by Gasteiger charge is -2.43. The first kappa shape index (κ1) is 33.5. The normalized spacial score (nSPS) is 23.2. The third-order valence-corrected chi connectivity index (χ3v) is 17.1. The Kier molecular flexibility index (Phi) is 11.7. The summed E-state index contributed by atoms with van der Waals surface area (Å²) in [6.45, 7) is 28.7. The highest BCUT2D eigenvalue weighted by Crippen LogP contribution is 2.44. The zero-order valence-electron chi connectivity index (χ0n) is 25.7. The molecule has 8 heteroatoms. The van der Waals surface area contributed by atoms with Gasteiger partial charge in [-0.15, -0.1) is 0 Å². The summed E-state index contributed by atoms with van der Waals surface area (Å²) in [5.74, 6) is -1.12. The molecule has 1 rings (SSSR count). The molecule has 1 heterocycles. The van der Waals surface area contributed by atoms with Crippen molar-refractivity contribution in [2.75, 3.05) is 7.11 Å². The largest absolute Gasteiger partial charge is 0.466 e. The standard InChI is InChI=1S/C28H56O6Si2/c1-15-16-18-21(33-35(11,12)26(2,3)4)24-25(32-28(8,9)31-24)22(19-17-20-23(29)30-10)34-36(13,14)27(5,6)7/h17,20-22,24-25H,15-16,18-19H2,1-14H3/b20-17-/t21-,22+,24+,25+/m0/s1. The number of esters is 1. The van der Waals surface area contributed by atoms with Gasteiger partial charge >= 0.3 is 5.97 Å². The number of carbonyl (C=O) groups excluding carboxylic acids is 1. The van der Waals surface area contributed by atoms with Crippen LogP contribution >= 0.6 is 0 Å². The number of ether oxygens (including phenoxy) is 3. The molecule has 0 aromatic carbocycles. The summed E-state index contributed by atoms with van der Waals surface area (Å²) < 4.78 is 32.0. The highest BCUT2D eigenvalue weighted by Gasteiger charge is 2.52. The lowest BCUT2D eigenvalue weighted by Crippen LogP contribution is -2.53. The molecule has 1 aliphatic heterocycles. The van der Waals surface area contributed by atoms with Gasteiger partial charge < -0.3 is 23.1 Å². The van der Waals surface area contributed by atoms with E-state index in [1.54, 1.807) is 0 Å². The number of unbranched alkanes of at least 4 members (excludes halogenated alkanes) is 1. The Morgan fingerprint density at radius 2 is 1.36 bits per heavy atom. The van der Waals surface area contributed by atoms with Gasteiger partial charge in [-0.1, -0.05) is 67.4 Å². The predicted molar refractivity (Wildman–Crippen MR) is 153 cm³/mol. The highest BCUT2D eigenvalue weighted by molar-refractivity contribution is 6.74. The van der Waals surface area contributed by atoms with Crippen LogP contribution in [0.2, 0.25) is 36.3 Å². The van der Waals surface area contributed by atoms with Crippen LogP contribution < -0.4 is 0 Å². The third-order valence-electron chi connectivity index (χ3n) is 8.07. The van der Waals surface area contributed by atoms with Gasteiger partial charge in [0, 0.05) is 6.08 Å². The van der Waals surface area contributed by atoms with E-state index >= 15 is 0 Å². The van der Waals surface area contributed by atoms with Crippen molar-refractivity contribution in [1.29, 1.82) is 0 Å². The molecular formula is C28H56O6Si2. The van der Waals surface area contributed by atoms with Crippen LogP contribution in [0.25, 0.3) is 0 Å². The van der Waals surface area contributed by atoms with E-state index in [1.165, 1.54) is 13.2 Å². The fourth-order valence-corrected chi connectivity index (χ4v) is 6.52. The van der Waals surface area contributed by atoms with Gasteiger partial charge in [0.2, 0.25) is 0 Å². The van der Waals surface area contributed by atoms with Crippen LogP contribution in [-0.2, 0) is 27.9 Å². The minimum atomic E-state index is -2.15. The third kappa shape index (κ3) is 9.35. The van der Waals surface area contributed by atoms with E-state index in [2.05, 4.69) is 74.7 Å². The average Bonchev–Trinajstić information content (AvgIpc) is 3.03. The number of carbonyl (C=O) groups is 1. The van der Waals surface area contributed by atoms with E-state index in [1.807, 2.05) is 19.9 Å². The summed E-state index contributed by atoms with van der Waals surface area (Å²) in [5.41, 5.74) is 0. The number of hydrogen-bond acceptors (Lipinski definition) is 6. The van der Waals surface area contributed by atoms with E-state index in [0.717, 1.165) is 19.3 Å². The van der Waals surface area contributed by atoms with E-state index in [-0.39, 0.29) is 40.5 Å². The molecule has 0 aliphatic carbocycles. The number of hydrogen-bond donors (Lipinski definition) is 0. The van der Waals surface area contributed by atoms with E-state index in [9.17, 15) is 4.79 Å². The van der Waals surface area contributed by atoms with Gasteiger partial charge in [0.25, 0.3) is 0 Å². The first-order valence-corrected chi connectivity index (χ1v) is 19.4. The Balaban J connectivity index is 3.46. The van der Waals surface area contributed by atoms with Crippen molar-refractivity contribution in [2.24, 2.45) is 0 Å².